The van der Waals surface area contributed by atoms with Crippen molar-refractivity contribution in [2.75, 3.05) is 37.4 Å². The van der Waals surface area contributed by atoms with E-state index in [1.807, 2.05) is 0 Å². The number of carbonyl (C=O) groups is 3. The van der Waals surface area contributed by atoms with Crippen molar-refractivity contribution in [2.24, 2.45) is 0 Å². The molecule has 0 aromatic heterocycles. The number of anilines is 2. The highest BCUT2D eigenvalue weighted by atomic mass is 32.2. The SMILES string of the molecule is CN(C)S(=O)(=O)c1ccc(N2CCCCC2)c(C(=O)Nc2ccc(CN3C(=O)CCC3=O)cc2)c1. The van der Waals surface area contributed by atoms with E-state index in [-0.39, 0.29) is 36.1 Å². The number of rotatable bonds is 7. The molecule has 0 aliphatic carbocycles. The molecule has 186 valence electrons. The van der Waals surface area contributed by atoms with Gasteiger partial charge in [0.25, 0.3) is 5.91 Å². The van der Waals surface area contributed by atoms with Crippen LogP contribution in [-0.4, -0.2) is 62.5 Å². The molecule has 4 rings (SSSR count). The van der Waals surface area contributed by atoms with Gasteiger partial charge in [0.05, 0.1) is 17.0 Å². The van der Waals surface area contributed by atoms with Crippen LogP contribution in [0.15, 0.2) is 47.4 Å². The molecule has 1 N–H and O–H groups in total. The van der Waals surface area contributed by atoms with Gasteiger partial charge in [0.15, 0.2) is 0 Å². The Labute approximate surface area is 205 Å². The Kier molecular flexibility index (Phi) is 7.23. The van der Waals surface area contributed by atoms with E-state index >= 15 is 0 Å². The fourth-order valence-corrected chi connectivity index (χ4v) is 5.28. The van der Waals surface area contributed by atoms with Crippen molar-refractivity contribution in [3.8, 4) is 0 Å². The number of carbonyl (C=O) groups excluding carboxylic acids is 3. The van der Waals surface area contributed by atoms with Gasteiger partial charge in [-0.3, -0.25) is 19.3 Å². The van der Waals surface area contributed by atoms with Gasteiger partial charge in [-0.15, -0.1) is 0 Å². The molecule has 0 bridgehead atoms. The maximum atomic E-state index is 13.3. The summed E-state index contributed by atoms with van der Waals surface area (Å²) in [6.07, 6.45) is 3.65. The summed E-state index contributed by atoms with van der Waals surface area (Å²) in [6.45, 7) is 1.82. The zero-order valence-corrected chi connectivity index (χ0v) is 20.8. The van der Waals surface area contributed by atoms with E-state index < -0.39 is 15.9 Å². The lowest BCUT2D eigenvalue weighted by Crippen LogP contribution is -2.32. The van der Waals surface area contributed by atoms with Gasteiger partial charge in [-0.25, -0.2) is 12.7 Å². The van der Waals surface area contributed by atoms with E-state index in [1.54, 1.807) is 36.4 Å². The van der Waals surface area contributed by atoms with Crippen molar-refractivity contribution in [3.63, 3.8) is 0 Å². The minimum atomic E-state index is -3.70. The summed E-state index contributed by atoms with van der Waals surface area (Å²) in [5.74, 6) is -0.755. The summed E-state index contributed by atoms with van der Waals surface area (Å²) in [7, 11) is -0.791. The number of nitrogens with zero attached hydrogens (tertiary/aromatic N) is 3. The van der Waals surface area contributed by atoms with Crippen molar-refractivity contribution in [3.05, 3.63) is 53.6 Å². The van der Waals surface area contributed by atoms with Crippen LogP contribution in [0.2, 0.25) is 0 Å². The molecule has 3 amide bonds. The molecule has 10 heteroatoms. The van der Waals surface area contributed by atoms with Crippen molar-refractivity contribution in [2.45, 2.75) is 43.5 Å². The second-order valence-electron chi connectivity index (χ2n) is 9.04. The first kappa shape index (κ1) is 24.9. The molecule has 0 atom stereocenters. The molecule has 9 nitrogen and oxygen atoms in total. The molecule has 0 radical (unpaired) electrons. The number of amides is 3. The summed E-state index contributed by atoms with van der Waals surface area (Å²) in [6, 6.07) is 11.6. The number of nitrogens with one attached hydrogen (secondary N) is 1. The molecule has 0 unspecified atom stereocenters. The molecule has 0 spiro atoms. The molecule has 2 fully saturated rings. The fourth-order valence-electron chi connectivity index (χ4n) is 4.35. The van der Waals surface area contributed by atoms with Gasteiger partial charge in [0.2, 0.25) is 21.8 Å². The first-order valence-corrected chi connectivity index (χ1v) is 13.2. The van der Waals surface area contributed by atoms with Gasteiger partial charge in [-0.2, -0.15) is 0 Å². The summed E-state index contributed by atoms with van der Waals surface area (Å²) >= 11 is 0. The van der Waals surface area contributed by atoms with Gasteiger partial charge in [0.1, 0.15) is 0 Å². The molecule has 0 saturated carbocycles. The standard InChI is InChI=1S/C25H30N4O5S/c1-27(2)35(33,34)20-10-11-22(28-14-4-3-5-15-28)21(16-20)25(32)26-19-8-6-18(7-9-19)17-29-23(30)12-13-24(29)31/h6-11,16H,3-5,12-15,17H2,1-2H3,(H,26,32). The third-order valence-corrected chi connectivity index (χ3v) is 8.21. The van der Waals surface area contributed by atoms with Crippen molar-refractivity contribution in [1.29, 1.82) is 0 Å². The van der Waals surface area contributed by atoms with Crippen molar-refractivity contribution < 1.29 is 22.8 Å². The fraction of sp³-hybridized carbons (Fsp3) is 0.400. The Balaban J connectivity index is 1.57. The van der Waals surface area contributed by atoms with E-state index in [1.165, 1.54) is 25.1 Å². The Morgan fingerprint density at radius 1 is 0.943 bits per heavy atom. The monoisotopic (exact) mass is 498 g/mol. The lowest BCUT2D eigenvalue weighted by Gasteiger charge is -2.30. The molecular formula is C25H30N4O5S. The molecule has 35 heavy (non-hydrogen) atoms. The van der Waals surface area contributed by atoms with Crippen LogP contribution in [0.1, 0.15) is 48.0 Å². The molecule has 2 aliphatic rings. The first-order chi connectivity index (χ1) is 16.7. The topological polar surface area (TPSA) is 107 Å². The third-order valence-electron chi connectivity index (χ3n) is 6.40. The second kappa shape index (κ2) is 10.2. The highest BCUT2D eigenvalue weighted by molar-refractivity contribution is 7.89. The van der Waals surface area contributed by atoms with Crippen LogP contribution in [0.3, 0.4) is 0 Å². The largest absolute Gasteiger partial charge is 0.371 e. The third kappa shape index (κ3) is 5.38. The molecule has 2 aromatic rings. The predicted octanol–water partition coefficient (Wildman–Crippen LogP) is 2.83. The highest BCUT2D eigenvalue weighted by Crippen LogP contribution is 2.29. The van der Waals surface area contributed by atoms with E-state index in [0.717, 1.165) is 42.2 Å². The molecular weight excluding hydrogens is 468 g/mol. The van der Waals surface area contributed by atoms with E-state index in [9.17, 15) is 22.8 Å². The molecule has 2 aromatic carbocycles. The quantitative estimate of drug-likeness (QED) is 0.589. The number of imide groups is 1. The Hall–Kier alpha value is -3.24. The number of sulfonamides is 1. The number of piperidine rings is 1. The number of likely N-dealkylation sites (tertiary alicyclic amines) is 1. The predicted molar refractivity (Wildman–Crippen MR) is 133 cm³/mol. The minimum Gasteiger partial charge on any atom is -0.371 e. The average molecular weight is 499 g/mol. The van der Waals surface area contributed by atoms with Crippen molar-refractivity contribution in [1.82, 2.24) is 9.21 Å². The van der Waals surface area contributed by atoms with Crippen LogP contribution in [0, 0.1) is 0 Å². The van der Waals surface area contributed by atoms with Gasteiger partial charge in [0, 0.05) is 51.4 Å². The van der Waals surface area contributed by atoms with Gasteiger partial charge < -0.3 is 10.2 Å². The zero-order chi connectivity index (χ0) is 25.2. The summed E-state index contributed by atoms with van der Waals surface area (Å²) in [5, 5.41) is 2.86. The smallest absolute Gasteiger partial charge is 0.257 e. The number of hydrogen-bond acceptors (Lipinski definition) is 6. The van der Waals surface area contributed by atoms with Gasteiger partial charge in [-0.1, -0.05) is 12.1 Å². The van der Waals surface area contributed by atoms with Crippen LogP contribution in [0.25, 0.3) is 0 Å². The highest BCUT2D eigenvalue weighted by Gasteiger charge is 2.29. The lowest BCUT2D eigenvalue weighted by molar-refractivity contribution is -0.139. The van der Waals surface area contributed by atoms with Crippen LogP contribution in [-0.2, 0) is 26.2 Å². The van der Waals surface area contributed by atoms with Crippen LogP contribution >= 0.6 is 0 Å². The average Bonchev–Trinajstić information content (AvgIpc) is 3.17. The summed E-state index contributed by atoms with van der Waals surface area (Å²) in [4.78, 5) is 40.5. The Morgan fingerprint density at radius 3 is 2.17 bits per heavy atom. The molecule has 2 heterocycles. The van der Waals surface area contributed by atoms with Crippen LogP contribution in [0.4, 0.5) is 11.4 Å². The van der Waals surface area contributed by atoms with E-state index in [2.05, 4.69) is 10.2 Å². The van der Waals surface area contributed by atoms with Crippen molar-refractivity contribution >= 4 is 39.1 Å². The van der Waals surface area contributed by atoms with Crippen LogP contribution < -0.4 is 10.2 Å². The molecule has 2 aliphatic heterocycles. The summed E-state index contributed by atoms with van der Waals surface area (Å²) in [5.41, 5.74) is 2.32. The van der Waals surface area contributed by atoms with Crippen LogP contribution in [0.5, 0.6) is 0 Å². The normalized spacial score (nSPS) is 16.8. The van der Waals surface area contributed by atoms with Gasteiger partial charge in [-0.05, 0) is 55.2 Å². The maximum Gasteiger partial charge on any atom is 0.257 e. The Morgan fingerprint density at radius 2 is 1.57 bits per heavy atom. The Bertz CT molecular complexity index is 1220. The maximum absolute atomic E-state index is 13.3. The number of benzene rings is 2. The van der Waals surface area contributed by atoms with E-state index in [0.29, 0.717) is 16.9 Å². The first-order valence-electron chi connectivity index (χ1n) is 11.7. The lowest BCUT2D eigenvalue weighted by atomic mass is 10.1. The minimum absolute atomic E-state index is 0.0590. The van der Waals surface area contributed by atoms with Gasteiger partial charge >= 0.3 is 0 Å². The van der Waals surface area contributed by atoms with E-state index in [4.69, 9.17) is 0 Å². The summed E-state index contributed by atoms with van der Waals surface area (Å²) < 4.78 is 26.5. The number of hydrogen-bond donors (Lipinski definition) is 1. The second-order valence-corrected chi connectivity index (χ2v) is 11.2. The molecule has 2 saturated heterocycles. The zero-order valence-electron chi connectivity index (χ0n) is 20.0.